The number of alkyl carbamates (subject to hydrolysis) is 1. The van der Waals surface area contributed by atoms with Crippen molar-refractivity contribution in [3.63, 3.8) is 0 Å². The van der Waals surface area contributed by atoms with E-state index >= 15 is 0 Å². The van der Waals surface area contributed by atoms with Gasteiger partial charge in [-0.1, -0.05) is 30.3 Å². The number of carboxylic acids is 3. The van der Waals surface area contributed by atoms with E-state index in [0.29, 0.717) is 5.56 Å². The summed E-state index contributed by atoms with van der Waals surface area (Å²) in [7, 11) is 0. The Bertz CT molecular complexity index is 760. The van der Waals surface area contributed by atoms with Crippen molar-refractivity contribution in [2.75, 3.05) is 26.4 Å². The molecule has 2 atom stereocenters. The number of hydrogen-bond acceptors (Lipinski definition) is 8. The highest BCUT2D eigenvalue weighted by molar-refractivity contribution is 5.72. The number of carbonyl (C=O) groups is 4. The zero-order valence-corrected chi connectivity index (χ0v) is 18.4. The van der Waals surface area contributed by atoms with Crippen molar-refractivity contribution >= 4 is 24.0 Å². The number of carboxylic acid groups (broad SMARTS) is 3. The minimum absolute atomic E-state index is 0.0681. The second kappa shape index (κ2) is 14.0. The van der Waals surface area contributed by atoms with Crippen molar-refractivity contribution in [3.05, 3.63) is 35.9 Å². The van der Waals surface area contributed by atoms with Crippen LogP contribution in [0.25, 0.3) is 0 Å². The molecule has 1 aromatic carbocycles. The smallest absolute Gasteiger partial charge is 0.408 e. The standard InChI is InChI=1S/C21H29NO11/c1-14(18(25)26)32-12-21(11-30-9-8-17(23)24,13-33-15(2)19(27)28)22-20(29)31-10-16-6-4-3-5-7-16/h3-7,14-15H,8-13H2,1-2H3,(H,22,29)(H,23,24)(H,25,26)(H,27,28). The highest BCUT2D eigenvalue weighted by Crippen LogP contribution is 2.13. The number of rotatable bonds is 16. The molecule has 2 unspecified atom stereocenters. The molecule has 33 heavy (non-hydrogen) atoms. The Morgan fingerprint density at radius 3 is 1.94 bits per heavy atom. The van der Waals surface area contributed by atoms with Crippen LogP contribution in [0.3, 0.4) is 0 Å². The number of benzene rings is 1. The predicted molar refractivity (Wildman–Crippen MR) is 112 cm³/mol. The van der Waals surface area contributed by atoms with E-state index in [1.807, 2.05) is 0 Å². The van der Waals surface area contributed by atoms with E-state index in [-0.39, 0.29) is 26.2 Å². The molecule has 0 aliphatic rings. The van der Waals surface area contributed by atoms with Crippen LogP contribution in [0.15, 0.2) is 30.3 Å². The molecule has 0 spiro atoms. The van der Waals surface area contributed by atoms with E-state index in [2.05, 4.69) is 5.32 Å². The van der Waals surface area contributed by atoms with Gasteiger partial charge < -0.3 is 39.6 Å². The number of carbonyl (C=O) groups excluding carboxylic acids is 1. The Hall–Kier alpha value is -3.22. The van der Waals surface area contributed by atoms with E-state index in [4.69, 9.17) is 34.3 Å². The van der Waals surface area contributed by atoms with Gasteiger partial charge in [-0.15, -0.1) is 0 Å². The van der Waals surface area contributed by atoms with E-state index in [0.717, 1.165) is 0 Å². The molecule has 0 aliphatic carbocycles. The maximum absolute atomic E-state index is 12.5. The molecule has 1 aromatic rings. The molecule has 0 heterocycles. The van der Waals surface area contributed by atoms with E-state index in [1.54, 1.807) is 30.3 Å². The van der Waals surface area contributed by atoms with Crippen LogP contribution in [0.4, 0.5) is 4.79 Å². The predicted octanol–water partition coefficient (Wildman–Crippen LogP) is 1.12. The van der Waals surface area contributed by atoms with Crippen molar-refractivity contribution in [1.29, 1.82) is 0 Å². The molecule has 1 rings (SSSR count). The van der Waals surface area contributed by atoms with Crippen LogP contribution >= 0.6 is 0 Å². The molecule has 0 radical (unpaired) electrons. The normalized spacial score (nSPS) is 14.5. The highest BCUT2D eigenvalue weighted by atomic mass is 16.6. The molecule has 1 amide bonds. The zero-order valence-electron chi connectivity index (χ0n) is 18.4. The lowest BCUT2D eigenvalue weighted by atomic mass is 10.0. The Kier molecular flexibility index (Phi) is 11.8. The monoisotopic (exact) mass is 471 g/mol. The Balaban J connectivity index is 2.99. The summed E-state index contributed by atoms with van der Waals surface area (Å²) in [6.07, 6.45) is -3.77. The van der Waals surface area contributed by atoms with Gasteiger partial charge >= 0.3 is 24.0 Å². The van der Waals surface area contributed by atoms with Crippen molar-refractivity contribution in [2.45, 2.75) is 44.6 Å². The molecule has 12 nitrogen and oxygen atoms in total. The molecular formula is C21H29NO11. The van der Waals surface area contributed by atoms with Crippen LogP contribution in [0.2, 0.25) is 0 Å². The lowest BCUT2D eigenvalue weighted by Gasteiger charge is -2.34. The molecule has 184 valence electrons. The number of ether oxygens (including phenoxy) is 4. The summed E-state index contributed by atoms with van der Waals surface area (Å²) in [5.74, 6) is -3.63. The number of amides is 1. The molecule has 0 bridgehead atoms. The van der Waals surface area contributed by atoms with E-state index in [9.17, 15) is 19.2 Å². The molecule has 4 N–H and O–H groups in total. The molecule has 12 heteroatoms. The minimum atomic E-state index is -1.57. The first-order valence-corrected chi connectivity index (χ1v) is 10.0. The minimum Gasteiger partial charge on any atom is -0.481 e. The van der Waals surface area contributed by atoms with Crippen molar-refractivity contribution < 1.29 is 53.4 Å². The SMILES string of the molecule is CC(OCC(COCCC(=O)O)(COC(C)C(=O)O)NC(=O)OCc1ccccc1)C(=O)O. The maximum Gasteiger partial charge on any atom is 0.408 e. The number of aliphatic carboxylic acids is 3. The molecular weight excluding hydrogens is 442 g/mol. The molecule has 0 fully saturated rings. The topological polar surface area (TPSA) is 178 Å². The van der Waals surface area contributed by atoms with Gasteiger partial charge in [0.25, 0.3) is 0 Å². The van der Waals surface area contributed by atoms with Gasteiger partial charge in [-0.25, -0.2) is 14.4 Å². The van der Waals surface area contributed by atoms with Crippen LogP contribution in [0.1, 0.15) is 25.8 Å². The quantitative estimate of drug-likeness (QED) is 0.254. The van der Waals surface area contributed by atoms with Crippen LogP contribution in [-0.2, 0) is 39.9 Å². The first kappa shape index (κ1) is 27.8. The summed E-state index contributed by atoms with van der Waals surface area (Å²) < 4.78 is 21.2. The molecule has 0 aromatic heterocycles. The summed E-state index contributed by atoms with van der Waals surface area (Å²) in [6.45, 7) is 1.00. The summed E-state index contributed by atoms with van der Waals surface area (Å²) >= 11 is 0. The Morgan fingerprint density at radius 1 is 0.909 bits per heavy atom. The van der Waals surface area contributed by atoms with Gasteiger partial charge in [-0.2, -0.15) is 0 Å². The summed E-state index contributed by atoms with van der Waals surface area (Å²) in [5.41, 5.74) is -0.859. The molecule has 0 saturated heterocycles. The average molecular weight is 471 g/mol. The van der Waals surface area contributed by atoms with Crippen molar-refractivity contribution in [3.8, 4) is 0 Å². The van der Waals surface area contributed by atoms with Crippen LogP contribution in [0, 0.1) is 0 Å². The highest BCUT2D eigenvalue weighted by Gasteiger charge is 2.37. The average Bonchev–Trinajstić information content (AvgIpc) is 2.77. The third-order valence-corrected chi connectivity index (χ3v) is 4.33. The van der Waals surface area contributed by atoms with Crippen LogP contribution in [-0.4, -0.2) is 83.5 Å². The Labute approximate surface area is 190 Å². The van der Waals surface area contributed by atoms with Gasteiger partial charge in [0.1, 0.15) is 12.1 Å². The van der Waals surface area contributed by atoms with Gasteiger partial charge in [-0.05, 0) is 19.4 Å². The summed E-state index contributed by atoms with van der Waals surface area (Å²) in [5, 5.41) is 29.5. The zero-order chi connectivity index (χ0) is 24.9. The van der Waals surface area contributed by atoms with Crippen LogP contribution in [0.5, 0.6) is 0 Å². The lowest BCUT2D eigenvalue weighted by Crippen LogP contribution is -2.59. The van der Waals surface area contributed by atoms with Crippen LogP contribution < -0.4 is 5.32 Å². The van der Waals surface area contributed by atoms with Gasteiger partial charge in [-0.3, -0.25) is 4.79 Å². The van der Waals surface area contributed by atoms with E-state index in [1.165, 1.54) is 13.8 Å². The van der Waals surface area contributed by atoms with Gasteiger partial charge in [0.15, 0.2) is 12.2 Å². The number of nitrogens with one attached hydrogen (secondary N) is 1. The van der Waals surface area contributed by atoms with Crippen molar-refractivity contribution in [1.82, 2.24) is 5.32 Å². The maximum atomic E-state index is 12.5. The van der Waals surface area contributed by atoms with E-state index < -0.39 is 55.0 Å². The van der Waals surface area contributed by atoms with Gasteiger partial charge in [0.2, 0.25) is 0 Å². The second-order valence-corrected chi connectivity index (χ2v) is 7.25. The third kappa shape index (κ3) is 11.3. The largest absolute Gasteiger partial charge is 0.481 e. The summed E-state index contributed by atoms with van der Waals surface area (Å²) in [4.78, 5) is 45.5. The molecule has 0 aliphatic heterocycles. The first-order chi connectivity index (χ1) is 15.5. The number of hydrogen-bond donors (Lipinski definition) is 4. The fraction of sp³-hybridized carbons (Fsp3) is 0.524. The summed E-state index contributed by atoms with van der Waals surface area (Å²) in [6, 6.07) is 8.81. The fourth-order valence-electron chi connectivity index (χ4n) is 2.35. The van der Waals surface area contributed by atoms with Gasteiger partial charge in [0.05, 0.1) is 32.8 Å². The second-order valence-electron chi connectivity index (χ2n) is 7.25. The fourth-order valence-corrected chi connectivity index (χ4v) is 2.35. The lowest BCUT2D eigenvalue weighted by molar-refractivity contribution is -0.156. The molecule has 0 saturated carbocycles. The van der Waals surface area contributed by atoms with Gasteiger partial charge in [0, 0.05) is 0 Å². The van der Waals surface area contributed by atoms with Crippen molar-refractivity contribution in [2.24, 2.45) is 0 Å². The third-order valence-electron chi connectivity index (χ3n) is 4.33. The first-order valence-electron chi connectivity index (χ1n) is 10.0. The Morgan fingerprint density at radius 2 is 1.45 bits per heavy atom.